The van der Waals surface area contributed by atoms with Crippen molar-refractivity contribution in [1.82, 2.24) is 4.90 Å². The van der Waals surface area contributed by atoms with Crippen molar-refractivity contribution in [3.8, 4) is 0 Å². The number of nitrogens with zero attached hydrogens (tertiary/aromatic N) is 1. The van der Waals surface area contributed by atoms with Crippen LogP contribution in [0.1, 0.15) is 69.4 Å². The van der Waals surface area contributed by atoms with Crippen LogP contribution in [0.2, 0.25) is 0 Å². The van der Waals surface area contributed by atoms with Gasteiger partial charge < -0.3 is 10.2 Å². The SMILES string of the molecule is CCCCN(CCC1C2CC3CC(C2)CC1C3)C(=O)Nc1ccc(C)cc1C. The lowest BCUT2D eigenvalue weighted by Gasteiger charge is -2.54. The second-order valence-electron chi connectivity index (χ2n) is 9.97. The van der Waals surface area contributed by atoms with Crippen molar-refractivity contribution >= 4 is 11.7 Å². The molecule has 1 N–H and O–H groups in total. The molecular formula is C25H38N2O. The zero-order valence-electron chi connectivity index (χ0n) is 18.0. The Morgan fingerprint density at radius 3 is 2.32 bits per heavy atom. The van der Waals surface area contributed by atoms with Crippen LogP contribution in [0, 0.1) is 43.4 Å². The van der Waals surface area contributed by atoms with Gasteiger partial charge >= 0.3 is 6.03 Å². The summed E-state index contributed by atoms with van der Waals surface area (Å²) in [7, 11) is 0. The molecule has 4 aliphatic rings. The predicted octanol–water partition coefficient (Wildman–Crippen LogP) is 6.40. The molecule has 1 aromatic rings. The van der Waals surface area contributed by atoms with Gasteiger partial charge in [-0.25, -0.2) is 4.79 Å². The van der Waals surface area contributed by atoms with Crippen molar-refractivity contribution in [1.29, 1.82) is 0 Å². The third-order valence-corrected chi connectivity index (χ3v) is 7.85. The Kier molecular flexibility index (Phi) is 5.99. The molecule has 0 unspecified atom stereocenters. The number of benzene rings is 1. The molecule has 4 saturated carbocycles. The van der Waals surface area contributed by atoms with Gasteiger partial charge in [-0.3, -0.25) is 0 Å². The molecule has 5 rings (SSSR count). The van der Waals surface area contributed by atoms with E-state index in [1.165, 1.54) is 44.1 Å². The van der Waals surface area contributed by atoms with Crippen LogP contribution in [-0.2, 0) is 0 Å². The molecule has 0 atom stereocenters. The molecule has 2 amide bonds. The van der Waals surface area contributed by atoms with Gasteiger partial charge in [0, 0.05) is 18.8 Å². The Morgan fingerprint density at radius 2 is 1.71 bits per heavy atom. The van der Waals surface area contributed by atoms with Gasteiger partial charge in [0.25, 0.3) is 0 Å². The van der Waals surface area contributed by atoms with E-state index in [0.29, 0.717) is 0 Å². The number of carbonyl (C=O) groups excluding carboxylic acids is 1. The second-order valence-corrected chi connectivity index (χ2v) is 9.97. The van der Waals surface area contributed by atoms with E-state index in [9.17, 15) is 4.79 Å². The van der Waals surface area contributed by atoms with E-state index < -0.39 is 0 Å². The Morgan fingerprint density at radius 1 is 1.04 bits per heavy atom. The first-order valence-electron chi connectivity index (χ1n) is 11.7. The Bertz CT molecular complexity index is 670. The molecule has 1 aromatic carbocycles. The Labute approximate surface area is 171 Å². The fourth-order valence-electron chi connectivity index (χ4n) is 6.63. The number of urea groups is 1. The molecule has 3 nitrogen and oxygen atoms in total. The van der Waals surface area contributed by atoms with Crippen LogP contribution in [0.15, 0.2) is 18.2 Å². The van der Waals surface area contributed by atoms with E-state index in [-0.39, 0.29) is 6.03 Å². The lowest BCUT2D eigenvalue weighted by Crippen LogP contribution is -2.46. The molecule has 28 heavy (non-hydrogen) atoms. The number of unbranched alkanes of at least 4 members (excludes halogenated alkanes) is 1. The number of anilines is 1. The largest absolute Gasteiger partial charge is 0.325 e. The van der Waals surface area contributed by atoms with Crippen molar-refractivity contribution < 1.29 is 4.79 Å². The molecule has 0 saturated heterocycles. The molecule has 0 radical (unpaired) electrons. The lowest BCUT2D eigenvalue weighted by atomic mass is 9.51. The molecular weight excluding hydrogens is 344 g/mol. The van der Waals surface area contributed by atoms with Crippen LogP contribution in [0.25, 0.3) is 0 Å². The van der Waals surface area contributed by atoms with Crippen LogP contribution in [-0.4, -0.2) is 24.0 Å². The van der Waals surface area contributed by atoms with Crippen molar-refractivity contribution in [2.75, 3.05) is 18.4 Å². The minimum absolute atomic E-state index is 0.0872. The van der Waals surface area contributed by atoms with E-state index in [1.807, 2.05) is 6.07 Å². The van der Waals surface area contributed by atoms with Gasteiger partial charge in [0.2, 0.25) is 0 Å². The highest BCUT2D eigenvalue weighted by atomic mass is 16.2. The van der Waals surface area contributed by atoms with Crippen LogP contribution in [0.3, 0.4) is 0 Å². The molecule has 4 bridgehead atoms. The van der Waals surface area contributed by atoms with Gasteiger partial charge in [0.1, 0.15) is 0 Å². The fourth-order valence-corrected chi connectivity index (χ4v) is 6.63. The Hall–Kier alpha value is -1.51. The standard InChI is InChI=1S/C25H38N2O/c1-4-5-9-27(25(28)26-24-7-6-17(2)11-18(24)3)10-8-23-21-13-19-12-20(15-21)16-22(23)14-19/h6-7,11,19-23H,4-5,8-10,12-16H2,1-3H3,(H,26,28). The summed E-state index contributed by atoms with van der Waals surface area (Å²) in [4.78, 5) is 15.1. The highest BCUT2D eigenvalue weighted by Gasteiger charge is 2.47. The minimum atomic E-state index is 0.0872. The van der Waals surface area contributed by atoms with Crippen molar-refractivity contribution in [2.45, 2.75) is 72.1 Å². The van der Waals surface area contributed by atoms with Crippen LogP contribution >= 0.6 is 0 Å². The van der Waals surface area contributed by atoms with Gasteiger partial charge in [-0.2, -0.15) is 0 Å². The first-order valence-corrected chi connectivity index (χ1v) is 11.7. The first-order chi connectivity index (χ1) is 13.5. The molecule has 4 aliphatic carbocycles. The maximum atomic E-state index is 13.0. The third kappa shape index (κ3) is 4.23. The first kappa shape index (κ1) is 19.8. The average Bonchev–Trinajstić information content (AvgIpc) is 2.65. The van der Waals surface area contributed by atoms with E-state index in [1.54, 1.807) is 0 Å². The molecule has 0 spiro atoms. The maximum absolute atomic E-state index is 13.0. The number of nitrogens with one attached hydrogen (secondary N) is 1. The summed E-state index contributed by atoms with van der Waals surface area (Å²) in [6.45, 7) is 8.17. The van der Waals surface area contributed by atoms with E-state index in [0.717, 1.165) is 66.8 Å². The van der Waals surface area contributed by atoms with Gasteiger partial charge in [-0.15, -0.1) is 0 Å². The number of rotatable bonds is 7. The van der Waals surface area contributed by atoms with E-state index in [4.69, 9.17) is 0 Å². The molecule has 154 valence electrons. The summed E-state index contributed by atoms with van der Waals surface area (Å²) < 4.78 is 0. The number of hydrogen-bond donors (Lipinski definition) is 1. The maximum Gasteiger partial charge on any atom is 0.321 e. The van der Waals surface area contributed by atoms with Crippen molar-refractivity contribution in [3.63, 3.8) is 0 Å². The fraction of sp³-hybridized carbons (Fsp3) is 0.720. The smallest absolute Gasteiger partial charge is 0.321 e. The van der Waals surface area contributed by atoms with Gasteiger partial charge in [-0.05, 0) is 100 Å². The van der Waals surface area contributed by atoms with Gasteiger partial charge in [-0.1, -0.05) is 31.0 Å². The van der Waals surface area contributed by atoms with E-state index in [2.05, 4.69) is 43.1 Å². The molecule has 0 aromatic heterocycles. The molecule has 4 fully saturated rings. The number of amides is 2. The highest BCUT2D eigenvalue weighted by molar-refractivity contribution is 5.90. The Balaban J connectivity index is 1.38. The third-order valence-electron chi connectivity index (χ3n) is 7.85. The average molecular weight is 383 g/mol. The highest BCUT2D eigenvalue weighted by Crippen LogP contribution is 2.57. The monoisotopic (exact) mass is 382 g/mol. The summed E-state index contributed by atoms with van der Waals surface area (Å²) in [6.07, 6.45) is 10.8. The summed E-state index contributed by atoms with van der Waals surface area (Å²) in [5.41, 5.74) is 3.33. The topological polar surface area (TPSA) is 32.3 Å². The summed E-state index contributed by atoms with van der Waals surface area (Å²) in [6, 6.07) is 6.34. The summed E-state index contributed by atoms with van der Waals surface area (Å²) in [5, 5.41) is 3.19. The zero-order chi connectivity index (χ0) is 19.7. The van der Waals surface area contributed by atoms with E-state index >= 15 is 0 Å². The zero-order valence-corrected chi connectivity index (χ0v) is 18.0. The van der Waals surface area contributed by atoms with Gasteiger partial charge in [0.15, 0.2) is 0 Å². The second kappa shape index (κ2) is 8.47. The lowest BCUT2D eigenvalue weighted by molar-refractivity contribution is -0.0414. The molecule has 0 aliphatic heterocycles. The number of aryl methyl sites for hydroxylation is 2. The quantitative estimate of drug-likeness (QED) is 0.581. The molecule has 3 heteroatoms. The van der Waals surface area contributed by atoms with Crippen LogP contribution in [0.4, 0.5) is 10.5 Å². The van der Waals surface area contributed by atoms with Crippen molar-refractivity contribution in [2.24, 2.45) is 29.6 Å². The summed E-state index contributed by atoms with van der Waals surface area (Å²) >= 11 is 0. The normalized spacial score (nSPS) is 30.5. The predicted molar refractivity (Wildman–Crippen MR) is 117 cm³/mol. The molecule has 0 heterocycles. The minimum Gasteiger partial charge on any atom is -0.325 e. The summed E-state index contributed by atoms with van der Waals surface area (Å²) in [5.74, 6) is 4.83. The number of hydrogen-bond acceptors (Lipinski definition) is 1. The number of carbonyl (C=O) groups is 1. The van der Waals surface area contributed by atoms with Crippen molar-refractivity contribution in [3.05, 3.63) is 29.3 Å². The van der Waals surface area contributed by atoms with Crippen LogP contribution in [0.5, 0.6) is 0 Å². The van der Waals surface area contributed by atoms with Crippen LogP contribution < -0.4 is 5.32 Å². The van der Waals surface area contributed by atoms with Gasteiger partial charge in [0.05, 0.1) is 0 Å².